The maximum atomic E-state index is 12.8. The molecule has 0 bridgehead atoms. The molecule has 0 aliphatic carbocycles. The number of amides is 2. The van der Waals surface area contributed by atoms with Gasteiger partial charge in [0.05, 0.1) is 23.4 Å². The first-order chi connectivity index (χ1) is 11.9. The molecular formula is C17H14ClFN2O4. The van der Waals surface area contributed by atoms with Crippen molar-refractivity contribution in [2.75, 3.05) is 12.4 Å². The third-order valence-electron chi connectivity index (χ3n) is 3.21. The topological polar surface area (TPSA) is 84.5 Å². The van der Waals surface area contributed by atoms with Crippen molar-refractivity contribution in [2.24, 2.45) is 0 Å². The number of esters is 1. The van der Waals surface area contributed by atoms with Gasteiger partial charge in [-0.1, -0.05) is 23.7 Å². The van der Waals surface area contributed by atoms with Gasteiger partial charge in [-0.05, 0) is 35.9 Å². The van der Waals surface area contributed by atoms with Gasteiger partial charge in [-0.15, -0.1) is 0 Å². The molecule has 0 aliphatic rings. The molecule has 130 valence electrons. The van der Waals surface area contributed by atoms with E-state index in [2.05, 4.69) is 15.4 Å². The summed E-state index contributed by atoms with van der Waals surface area (Å²) in [4.78, 5) is 35.3. The van der Waals surface area contributed by atoms with Crippen LogP contribution in [-0.2, 0) is 20.9 Å². The van der Waals surface area contributed by atoms with Crippen molar-refractivity contribution in [1.82, 2.24) is 5.32 Å². The molecule has 0 saturated heterocycles. The molecule has 0 saturated carbocycles. The average molecular weight is 365 g/mol. The zero-order chi connectivity index (χ0) is 18.4. The molecule has 25 heavy (non-hydrogen) atoms. The summed E-state index contributed by atoms with van der Waals surface area (Å²) in [7, 11) is 1.22. The van der Waals surface area contributed by atoms with Crippen LogP contribution in [0.1, 0.15) is 15.9 Å². The molecule has 6 nitrogen and oxygen atoms in total. The second kappa shape index (κ2) is 8.25. The van der Waals surface area contributed by atoms with Crippen molar-refractivity contribution in [2.45, 2.75) is 6.54 Å². The molecule has 2 aromatic rings. The number of methoxy groups -OCH3 is 1. The Labute approximate surface area is 147 Å². The van der Waals surface area contributed by atoms with E-state index in [0.29, 0.717) is 5.56 Å². The van der Waals surface area contributed by atoms with E-state index in [9.17, 15) is 18.8 Å². The SMILES string of the molecule is COC(=O)c1ccc(Cl)c(NC(=O)C(=O)NCc2ccc(F)cc2)c1. The van der Waals surface area contributed by atoms with Crippen LogP contribution in [0.5, 0.6) is 0 Å². The molecule has 0 spiro atoms. The fourth-order valence-corrected chi connectivity index (χ4v) is 2.07. The maximum absolute atomic E-state index is 12.8. The quantitative estimate of drug-likeness (QED) is 0.645. The highest BCUT2D eigenvalue weighted by atomic mass is 35.5. The Morgan fingerprint density at radius 3 is 2.40 bits per heavy atom. The van der Waals surface area contributed by atoms with E-state index < -0.39 is 23.6 Å². The largest absolute Gasteiger partial charge is 0.465 e. The number of rotatable bonds is 4. The number of carbonyl (C=O) groups is 3. The molecule has 2 aromatic carbocycles. The normalized spacial score (nSPS) is 10.0. The summed E-state index contributed by atoms with van der Waals surface area (Å²) in [5, 5.41) is 4.88. The summed E-state index contributed by atoms with van der Waals surface area (Å²) in [6.07, 6.45) is 0. The van der Waals surface area contributed by atoms with Crippen molar-refractivity contribution in [1.29, 1.82) is 0 Å². The zero-order valence-corrected chi connectivity index (χ0v) is 13.9. The smallest absolute Gasteiger partial charge is 0.337 e. The summed E-state index contributed by atoms with van der Waals surface area (Å²) in [6, 6.07) is 9.62. The van der Waals surface area contributed by atoms with E-state index in [0.717, 1.165) is 0 Å². The highest BCUT2D eigenvalue weighted by molar-refractivity contribution is 6.41. The molecular weight excluding hydrogens is 351 g/mol. The van der Waals surface area contributed by atoms with Crippen molar-refractivity contribution in [3.8, 4) is 0 Å². The van der Waals surface area contributed by atoms with Crippen LogP contribution >= 0.6 is 11.6 Å². The van der Waals surface area contributed by atoms with Crippen LogP contribution in [0.15, 0.2) is 42.5 Å². The van der Waals surface area contributed by atoms with Crippen LogP contribution in [-0.4, -0.2) is 24.9 Å². The number of ether oxygens (including phenoxy) is 1. The van der Waals surface area contributed by atoms with E-state index in [1.165, 1.54) is 49.6 Å². The summed E-state index contributed by atoms with van der Waals surface area (Å²) in [5.41, 5.74) is 0.911. The first kappa shape index (κ1) is 18.4. The molecule has 2 rings (SSSR count). The van der Waals surface area contributed by atoms with Crippen LogP contribution in [0, 0.1) is 5.82 Å². The molecule has 2 amide bonds. The average Bonchev–Trinajstić information content (AvgIpc) is 2.62. The Balaban J connectivity index is 1.99. The molecule has 0 aromatic heterocycles. The summed E-state index contributed by atoms with van der Waals surface area (Å²) >= 11 is 5.95. The second-order valence-electron chi connectivity index (χ2n) is 4.95. The van der Waals surface area contributed by atoms with Crippen molar-refractivity contribution >= 4 is 35.1 Å². The van der Waals surface area contributed by atoms with E-state index in [1.807, 2.05) is 0 Å². The minimum Gasteiger partial charge on any atom is -0.465 e. The van der Waals surface area contributed by atoms with E-state index >= 15 is 0 Å². The lowest BCUT2D eigenvalue weighted by molar-refractivity contribution is -0.136. The number of halogens is 2. The van der Waals surface area contributed by atoms with Gasteiger partial charge in [0, 0.05) is 6.54 Å². The second-order valence-corrected chi connectivity index (χ2v) is 5.36. The number of hydrogen-bond donors (Lipinski definition) is 2. The monoisotopic (exact) mass is 364 g/mol. The Bertz CT molecular complexity index is 809. The summed E-state index contributed by atoms with van der Waals surface area (Å²) in [5.74, 6) is -2.85. The lowest BCUT2D eigenvalue weighted by atomic mass is 10.2. The summed E-state index contributed by atoms with van der Waals surface area (Å²) in [6.45, 7) is 0.0580. The minimum absolute atomic E-state index is 0.0580. The number of hydrogen-bond acceptors (Lipinski definition) is 4. The molecule has 8 heteroatoms. The lowest BCUT2D eigenvalue weighted by Crippen LogP contribution is -2.35. The van der Waals surface area contributed by atoms with Crippen molar-refractivity contribution in [3.63, 3.8) is 0 Å². The van der Waals surface area contributed by atoms with E-state index in [4.69, 9.17) is 11.6 Å². The van der Waals surface area contributed by atoms with Gasteiger partial charge in [-0.25, -0.2) is 9.18 Å². The van der Waals surface area contributed by atoms with Gasteiger partial charge in [0.15, 0.2) is 0 Å². The number of benzene rings is 2. The number of nitrogens with one attached hydrogen (secondary N) is 2. The molecule has 0 radical (unpaired) electrons. The molecule has 0 atom stereocenters. The highest BCUT2D eigenvalue weighted by Crippen LogP contribution is 2.23. The molecule has 0 heterocycles. The van der Waals surface area contributed by atoms with Crippen LogP contribution < -0.4 is 10.6 Å². The summed E-state index contributed by atoms with van der Waals surface area (Å²) < 4.78 is 17.4. The molecule has 2 N–H and O–H groups in total. The Morgan fingerprint density at radius 2 is 1.76 bits per heavy atom. The standard InChI is InChI=1S/C17H14ClFN2O4/c1-25-17(24)11-4-7-13(18)14(8-11)21-16(23)15(22)20-9-10-2-5-12(19)6-3-10/h2-8H,9H2,1H3,(H,20,22)(H,21,23). The fraction of sp³-hybridized carbons (Fsp3) is 0.118. The van der Waals surface area contributed by atoms with Crippen LogP contribution in [0.25, 0.3) is 0 Å². The van der Waals surface area contributed by atoms with Crippen LogP contribution in [0.2, 0.25) is 5.02 Å². The van der Waals surface area contributed by atoms with Crippen LogP contribution in [0.3, 0.4) is 0 Å². The van der Waals surface area contributed by atoms with Gasteiger partial charge in [0.2, 0.25) is 0 Å². The third-order valence-corrected chi connectivity index (χ3v) is 3.54. The Morgan fingerprint density at radius 1 is 1.08 bits per heavy atom. The predicted molar refractivity (Wildman–Crippen MR) is 89.7 cm³/mol. The highest BCUT2D eigenvalue weighted by Gasteiger charge is 2.16. The molecule has 0 fully saturated rings. The van der Waals surface area contributed by atoms with Gasteiger partial charge in [0.25, 0.3) is 0 Å². The maximum Gasteiger partial charge on any atom is 0.337 e. The van der Waals surface area contributed by atoms with Crippen molar-refractivity contribution < 1.29 is 23.5 Å². The van der Waals surface area contributed by atoms with Gasteiger partial charge in [-0.2, -0.15) is 0 Å². The van der Waals surface area contributed by atoms with E-state index in [-0.39, 0.29) is 22.8 Å². The Hall–Kier alpha value is -2.93. The molecule has 0 aliphatic heterocycles. The Kier molecular flexibility index (Phi) is 6.08. The fourth-order valence-electron chi connectivity index (χ4n) is 1.91. The van der Waals surface area contributed by atoms with Crippen LogP contribution in [0.4, 0.5) is 10.1 Å². The first-order valence-corrected chi connectivity index (χ1v) is 7.50. The zero-order valence-electron chi connectivity index (χ0n) is 13.1. The third kappa shape index (κ3) is 5.02. The number of anilines is 1. The minimum atomic E-state index is -0.953. The molecule has 0 unspecified atom stereocenters. The van der Waals surface area contributed by atoms with Gasteiger partial charge >= 0.3 is 17.8 Å². The van der Waals surface area contributed by atoms with E-state index in [1.54, 1.807) is 0 Å². The lowest BCUT2D eigenvalue weighted by Gasteiger charge is -2.09. The predicted octanol–water partition coefficient (Wildman–Crippen LogP) is 2.52. The number of carbonyl (C=O) groups excluding carboxylic acids is 3. The van der Waals surface area contributed by atoms with Gasteiger partial charge in [0.1, 0.15) is 5.82 Å². The van der Waals surface area contributed by atoms with Crippen molar-refractivity contribution in [3.05, 3.63) is 64.4 Å². The van der Waals surface area contributed by atoms with Gasteiger partial charge in [-0.3, -0.25) is 9.59 Å². The first-order valence-electron chi connectivity index (χ1n) is 7.12. The van der Waals surface area contributed by atoms with Gasteiger partial charge < -0.3 is 15.4 Å².